The van der Waals surface area contributed by atoms with Crippen molar-refractivity contribution in [3.63, 3.8) is 0 Å². The Labute approximate surface area is 232 Å². The SMILES string of the molecule is Cc1ccccc1-c1cccc2c1Nc1cc(-c3ccccn3)cc3c1B2c1cccc2c4ccccc4n-3c12. The lowest BCUT2D eigenvalue weighted by atomic mass is 9.34. The van der Waals surface area contributed by atoms with Gasteiger partial charge in [0.1, 0.15) is 0 Å². The number of aromatic nitrogens is 2. The van der Waals surface area contributed by atoms with Crippen molar-refractivity contribution < 1.29 is 0 Å². The first kappa shape index (κ1) is 21.8. The Morgan fingerprint density at radius 2 is 1.48 bits per heavy atom. The highest BCUT2D eigenvalue weighted by atomic mass is 15.0. The molecule has 0 fully saturated rings. The maximum Gasteiger partial charge on any atom is 0.252 e. The van der Waals surface area contributed by atoms with Gasteiger partial charge in [-0.05, 0) is 64.8 Å². The fraction of sp³-hybridized carbons (Fsp3) is 0.0278. The van der Waals surface area contributed by atoms with Crippen LogP contribution < -0.4 is 21.7 Å². The average Bonchev–Trinajstić information content (AvgIpc) is 3.35. The summed E-state index contributed by atoms with van der Waals surface area (Å²) in [6, 6.07) is 41.9. The summed E-state index contributed by atoms with van der Waals surface area (Å²) in [5.74, 6) is 0. The van der Waals surface area contributed by atoms with Gasteiger partial charge in [0, 0.05) is 50.7 Å². The molecule has 4 heterocycles. The van der Waals surface area contributed by atoms with Crippen LogP contribution in [0.4, 0.5) is 11.4 Å². The Morgan fingerprint density at radius 3 is 2.38 bits per heavy atom. The van der Waals surface area contributed by atoms with E-state index >= 15 is 0 Å². The summed E-state index contributed by atoms with van der Waals surface area (Å²) >= 11 is 0. The summed E-state index contributed by atoms with van der Waals surface area (Å²) in [5, 5.41) is 6.54. The van der Waals surface area contributed by atoms with Gasteiger partial charge >= 0.3 is 0 Å². The van der Waals surface area contributed by atoms with E-state index in [1.807, 2.05) is 12.3 Å². The van der Waals surface area contributed by atoms with Gasteiger partial charge in [0.2, 0.25) is 0 Å². The molecule has 40 heavy (non-hydrogen) atoms. The predicted octanol–water partition coefficient (Wildman–Crippen LogP) is 6.71. The second-order valence-electron chi connectivity index (χ2n) is 10.9. The second-order valence-corrected chi connectivity index (χ2v) is 10.9. The maximum absolute atomic E-state index is 4.74. The van der Waals surface area contributed by atoms with Crippen molar-refractivity contribution in [2.24, 2.45) is 0 Å². The average molecular weight is 509 g/mol. The van der Waals surface area contributed by atoms with Crippen LogP contribution in [0.25, 0.3) is 49.9 Å². The Hall–Kier alpha value is -5.09. The van der Waals surface area contributed by atoms with Crippen LogP contribution in [0.3, 0.4) is 0 Å². The summed E-state index contributed by atoms with van der Waals surface area (Å²) in [6.45, 7) is 2.33. The number of aryl methyl sites for hydroxylation is 1. The van der Waals surface area contributed by atoms with Crippen molar-refractivity contribution in [1.82, 2.24) is 9.55 Å². The molecule has 2 aliphatic rings. The topological polar surface area (TPSA) is 29.9 Å². The number of nitrogens with zero attached hydrogens (tertiary/aromatic N) is 2. The number of pyridine rings is 1. The first-order chi connectivity index (χ1) is 19.8. The molecular formula is C36H24BN3. The smallest absolute Gasteiger partial charge is 0.252 e. The van der Waals surface area contributed by atoms with E-state index in [0.29, 0.717) is 0 Å². The molecule has 0 bridgehead atoms. The Bertz CT molecular complexity index is 2160. The summed E-state index contributed by atoms with van der Waals surface area (Å²) in [7, 11) is 0. The van der Waals surface area contributed by atoms with E-state index in [-0.39, 0.29) is 6.71 Å². The molecule has 2 aromatic heterocycles. The van der Waals surface area contributed by atoms with E-state index in [4.69, 9.17) is 4.98 Å². The number of nitrogens with one attached hydrogen (secondary N) is 1. The molecule has 0 atom stereocenters. The monoisotopic (exact) mass is 509 g/mol. The number of rotatable bonds is 2. The number of anilines is 2. The van der Waals surface area contributed by atoms with Gasteiger partial charge in [0.05, 0.1) is 11.2 Å². The van der Waals surface area contributed by atoms with Crippen LogP contribution in [0.2, 0.25) is 0 Å². The summed E-state index contributed by atoms with van der Waals surface area (Å²) < 4.78 is 2.49. The minimum Gasteiger partial charge on any atom is -0.356 e. The summed E-state index contributed by atoms with van der Waals surface area (Å²) in [5.41, 5.74) is 16.0. The first-order valence-electron chi connectivity index (χ1n) is 13.9. The van der Waals surface area contributed by atoms with Crippen molar-refractivity contribution in [3.8, 4) is 28.1 Å². The van der Waals surface area contributed by atoms with E-state index in [0.717, 1.165) is 16.9 Å². The molecular weight excluding hydrogens is 485 g/mol. The molecule has 1 N–H and O–H groups in total. The van der Waals surface area contributed by atoms with Crippen molar-refractivity contribution in [2.45, 2.75) is 6.92 Å². The lowest BCUT2D eigenvalue weighted by Crippen LogP contribution is -2.59. The molecule has 3 nitrogen and oxygen atoms in total. The van der Waals surface area contributed by atoms with E-state index < -0.39 is 0 Å². The standard InChI is InChI=1S/C36H24BN3/c1-22-10-2-3-11-24(22)26-13-8-15-28-35(26)39-31-20-23(30-17-6-7-19-38-30)21-33-34(31)37(28)29-16-9-14-27-25-12-4-5-18-32(25)40(33)36(27)29/h2-21,39H,1H3. The largest absolute Gasteiger partial charge is 0.356 e. The van der Waals surface area contributed by atoms with Crippen LogP contribution in [0.5, 0.6) is 0 Å². The molecule has 0 saturated carbocycles. The van der Waals surface area contributed by atoms with Gasteiger partial charge in [0.15, 0.2) is 0 Å². The number of para-hydroxylation sites is 3. The zero-order valence-electron chi connectivity index (χ0n) is 22.0. The molecule has 2 aliphatic heterocycles. The van der Waals surface area contributed by atoms with Crippen LogP contribution in [-0.2, 0) is 0 Å². The molecule has 0 unspecified atom stereocenters. The molecule has 186 valence electrons. The normalized spacial score (nSPS) is 12.8. The third kappa shape index (κ3) is 2.83. The maximum atomic E-state index is 4.74. The van der Waals surface area contributed by atoms with Gasteiger partial charge in [-0.3, -0.25) is 4.98 Å². The molecule has 0 radical (unpaired) electrons. The molecule has 0 spiro atoms. The van der Waals surface area contributed by atoms with Crippen LogP contribution in [-0.4, -0.2) is 16.3 Å². The predicted molar refractivity (Wildman–Crippen MR) is 169 cm³/mol. The number of fused-ring (bicyclic) bond motifs is 7. The number of hydrogen-bond donors (Lipinski definition) is 1. The highest BCUT2D eigenvalue weighted by Crippen LogP contribution is 2.40. The van der Waals surface area contributed by atoms with E-state index in [9.17, 15) is 0 Å². The molecule has 0 saturated heterocycles. The molecule has 7 aromatic rings. The van der Waals surface area contributed by atoms with Gasteiger partial charge in [0.25, 0.3) is 6.71 Å². The third-order valence-electron chi connectivity index (χ3n) is 8.79. The van der Waals surface area contributed by atoms with Crippen LogP contribution in [0.1, 0.15) is 5.56 Å². The first-order valence-corrected chi connectivity index (χ1v) is 13.9. The molecule has 0 aliphatic carbocycles. The molecule has 5 aromatic carbocycles. The third-order valence-corrected chi connectivity index (χ3v) is 8.79. The van der Waals surface area contributed by atoms with Crippen molar-refractivity contribution >= 4 is 56.3 Å². The van der Waals surface area contributed by atoms with Crippen LogP contribution in [0.15, 0.2) is 121 Å². The van der Waals surface area contributed by atoms with Gasteiger partial charge in [-0.15, -0.1) is 0 Å². The van der Waals surface area contributed by atoms with Gasteiger partial charge in [-0.1, -0.05) is 84.9 Å². The lowest BCUT2D eigenvalue weighted by molar-refractivity contribution is 1.19. The lowest BCUT2D eigenvalue weighted by Gasteiger charge is -2.35. The van der Waals surface area contributed by atoms with E-state index in [1.165, 1.54) is 66.3 Å². The summed E-state index contributed by atoms with van der Waals surface area (Å²) in [4.78, 5) is 4.74. The van der Waals surface area contributed by atoms with Crippen molar-refractivity contribution in [2.75, 3.05) is 5.32 Å². The molecule has 9 rings (SSSR count). The van der Waals surface area contributed by atoms with Gasteiger partial charge < -0.3 is 9.88 Å². The van der Waals surface area contributed by atoms with Crippen molar-refractivity contribution in [1.29, 1.82) is 0 Å². The minimum absolute atomic E-state index is 0.128. The molecule has 0 amide bonds. The Morgan fingerprint density at radius 1 is 0.700 bits per heavy atom. The molecule has 4 heteroatoms. The Kier molecular flexibility index (Phi) is 4.34. The van der Waals surface area contributed by atoms with E-state index in [1.54, 1.807) is 0 Å². The van der Waals surface area contributed by atoms with E-state index in [2.05, 4.69) is 126 Å². The van der Waals surface area contributed by atoms with Crippen LogP contribution >= 0.6 is 0 Å². The van der Waals surface area contributed by atoms with Crippen LogP contribution in [0, 0.1) is 6.92 Å². The minimum atomic E-state index is 0.128. The number of benzene rings is 5. The zero-order valence-corrected chi connectivity index (χ0v) is 22.0. The van der Waals surface area contributed by atoms with Gasteiger partial charge in [-0.2, -0.15) is 0 Å². The second kappa shape index (κ2) is 7.97. The summed E-state index contributed by atoms with van der Waals surface area (Å²) in [6.07, 6.45) is 1.88. The quantitative estimate of drug-likeness (QED) is 0.263. The number of hydrogen-bond acceptors (Lipinski definition) is 2. The van der Waals surface area contributed by atoms with Crippen molar-refractivity contribution in [3.05, 3.63) is 127 Å². The fourth-order valence-corrected chi connectivity index (χ4v) is 7.10. The highest BCUT2D eigenvalue weighted by molar-refractivity contribution is 7.00. The fourth-order valence-electron chi connectivity index (χ4n) is 7.10. The highest BCUT2D eigenvalue weighted by Gasteiger charge is 2.40. The Balaban J connectivity index is 1.44. The van der Waals surface area contributed by atoms with Gasteiger partial charge in [-0.25, -0.2) is 0 Å². The zero-order chi connectivity index (χ0) is 26.4.